The van der Waals surface area contributed by atoms with Crippen LogP contribution in [-0.2, 0) is 0 Å². The first-order valence-corrected chi connectivity index (χ1v) is 18.4. The summed E-state index contributed by atoms with van der Waals surface area (Å²) >= 11 is 0. The van der Waals surface area contributed by atoms with Gasteiger partial charge < -0.3 is 13.9 Å². The van der Waals surface area contributed by atoms with Crippen molar-refractivity contribution in [3.05, 3.63) is 188 Å². The molecule has 0 bridgehead atoms. The number of nitrogens with zero attached hydrogens (tertiary/aromatic N) is 2. The molecule has 0 radical (unpaired) electrons. The Labute approximate surface area is 306 Å². The zero-order valence-electron chi connectivity index (χ0n) is 29.0. The molecule has 8 aromatic carbocycles. The van der Waals surface area contributed by atoms with Crippen molar-refractivity contribution in [2.24, 2.45) is 0 Å². The van der Waals surface area contributed by atoms with E-state index >= 15 is 0 Å². The third kappa shape index (κ3) is 4.89. The summed E-state index contributed by atoms with van der Waals surface area (Å²) in [6.07, 6.45) is 8.78. The minimum absolute atomic E-state index is 0.878. The highest BCUT2D eigenvalue weighted by molar-refractivity contribution is 6.15. The van der Waals surface area contributed by atoms with E-state index in [2.05, 4.69) is 179 Å². The van der Waals surface area contributed by atoms with Gasteiger partial charge in [-0.15, -0.1) is 0 Å². The molecule has 0 saturated heterocycles. The van der Waals surface area contributed by atoms with Gasteiger partial charge in [0.1, 0.15) is 11.2 Å². The molecule has 1 aliphatic rings. The number of furan rings is 1. The summed E-state index contributed by atoms with van der Waals surface area (Å²) in [4.78, 5) is 2.38. The predicted octanol–water partition coefficient (Wildman–Crippen LogP) is 14.2. The van der Waals surface area contributed by atoms with Gasteiger partial charge in [-0.2, -0.15) is 0 Å². The third-order valence-corrected chi connectivity index (χ3v) is 11.0. The van der Waals surface area contributed by atoms with Gasteiger partial charge in [0.15, 0.2) is 0 Å². The van der Waals surface area contributed by atoms with E-state index in [4.69, 9.17) is 4.42 Å². The van der Waals surface area contributed by atoms with Crippen molar-refractivity contribution < 1.29 is 4.42 Å². The van der Waals surface area contributed by atoms with Crippen molar-refractivity contribution in [3.63, 3.8) is 0 Å². The first-order valence-electron chi connectivity index (χ1n) is 18.4. The molecule has 1 aliphatic carbocycles. The SMILES string of the molecule is C1=CCCC(c2cccc(N(c3ccc4c(c3)oc3ccccc34)c3ccc4c5cc6ccccc6cc5n(-c5ccc6ccccc6c5)c4c3)c2)=C1. The van der Waals surface area contributed by atoms with Crippen LogP contribution in [0.5, 0.6) is 0 Å². The van der Waals surface area contributed by atoms with Crippen molar-refractivity contribution in [2.75, 3.05) is 4.90 Å². The average Bonchev–Trinajstić information content (AvgIpc) is 3.75. The van der Waals surface area contributed by atoms with Crippen molar-refractivity contribution in [1.29, 1.82) is 0 Å². The quantitative estimate of drug-likeness (QED) is 0.181. The topological polar surface area (TPSA) is 21.3 Å². The summed E-state index contributed by atoms with van der Waals surface area (Å²) in [6.45, 7) is 0. The molecule has 0 unspecified atom stereocenters. The zero-order valence-corrected chi connectivity index (χ0v) is 29.0. The maximum absolute atomic E-state index is 6.45. The molecule has 53 heavy (non-hydrogen) atoms. The molecule has 11 rings (SSSR count). The maximum atomic E-state index is 6.45. The molecule has 10 aromatic rings. The third-order valence-electron chi connectivity index (χ3n) is 11.0. The summed E-state index contributed by atoms with van der Waals surface area (Å²) < 4.78 is 8.89. The molecule has 0 atom stereocenters. The molecule has 2 aromatic heterocycles. The number of hydrogen-bond donors (Lipinski definition) is 0. The lowest BCUT2D eigenvalue weighted by Crippen LogP contribution is -2.10. The number of para-hydroxylation sites is 1. The second-order valence-corrected chi connectivity index (χ2v) is 14.1. The van der Waals surface area contributed by atoms with Crippen LogP contribution in [-0.4, -0.2) is 4.57 Å². The Morgan fingerprint density at radius 1 is 0.472 bits per heavy atom. The lowest BCUT2D eigenvalue weighted by atomic mass is 9.97. The average molecular weight is 679 g/mol. The summed E-state index contributed by atoms with van der Waals surface area (Å²) in [5, 5.41) is 9.65. The van der Waals surface area contributed by atoms with Crippen molar-refractivity contribution in [1.82, 2.24) is 4.57 Å². The van der Waals surface area contributed by atoms with E-state index in [9.17, 15) is 0 Å². The van der Waals surface area contributed by atoms with Crippen LogP contribution >= 0.6 is 0 Å². The normalized spacial score (nSPS) is 13.2. The van der Waals surface area contributed by atoms with Crippen LogP contribution in [0.15, 0.2) is 186 Å². The van der Waals surface area contributed by atoms with E-state index in [0.29, 0.717) is 0 Å². The molecular weight excluding hydrogens is 645 g/mol. The van der Waals surface area contributed by atoms with Gasteiger partial charge in [0.2, 0.25) is 0 Å². The number of rotatable bonds is 5. The van der Waals surface area contributed by atoms with Gasteiger partial charge in [0, 0.05) is 50.4 Å². The summed E-state index contributed by atoms with van der Waals surface area (Å²) in [6, 6.07) is 59.7. The smallest absolute Gasteiger partial charge is 0.137 e. The largest absolute Gasteiger partial charge is 0.456 e. The van der Waals surface area contributed by atoms with Crippen molar-refractivity contribution in [2.45, 2.75) is 12.8 Å². The highest BCUT2D eigenvalue weighted by atomic mass is 16.3. The van der Waals surface area contributed by atoms with Crippen molar-refractivity contribution >= 4 is 87.9 Å². The molecule has 2 heterocycles. The second kappa shape index (κ2) is 11.9. The molecule has 250 valence electrons. The van der Waals surface area contributed by atoms with Gasteiger partial charge >= 0.3 is 0 Å². The fourth-order valence-electron chi connectivity index (χ4n) is 8.41. The Morgan fingerprint density at radius 3 is 2.02 bits per heavy atom. The fourth-order valence-corrected chi connectivity index (χ4v) is 8.41. The Kier molecular flexibility index (Phi) is 6.68. The number of anilines is 3. The van der Waals surface area contributed by atoms with Crippen LogP contribution in [0.4, 0.5) is 17.1 Å². The predicted molar refractivity (Wildman–Crippen MR) is 224 cm³/mol. The van der Waals surface area contributed by atoms with Crippen LogP contribution in [0, 0.1) is 0 Å². The van der Waals surface area contributed by atoms with E-state index in [-0.39, 0.29) is 0 Å². The van der Waals surface area contributed by atoms with Crippen LogP contribution < -0.4 is 4.90 Å². The lowest BCUT2D eigenvalue weighted by Gasteiger charge is -2.26. The number of benzene rings is 8. The van der Waals surface area contributed by atoms with Crippen LogP contribution in [0.3, 0.4) is 0 Å². The Balaban J connectivity index is 1.18. The molecule has 3 heteroatoms. The van der Waals surface area contributed by atoms with Gasteiger partial charge in [0.25, 0.3) is 0 Å². The van der Waals surface area contributed by atoms with Gasteiger partial charge in [-0.25, -0.2) is 0 Å². The van der Waals surface area contributed by atoms with E-state index in [1.807, 2.05) is 12.1 Å². The van der Waals surface area contributed by atoms with E-state index in [0.717, 1.165) is 63.0 Å². The molecule has 3 nitrogen and oxygen atoms in total. The summed E-state index contributed by atoms with van der Waals surface area (Å²) in [5.41, 5.74) is 11.1. The number of allylic oxidation sites excluding steroid dienone is 4. The van der Waals surface area contributed by atoms with E-state index < -0.39 is 0 Å². The standard InChI is InChI=1S/C50H34N2O/c1-2-11-33(12-3-1)36-17-10-18-39(27-36)51(42-24-26-45-44-19-8-9-20-49(44)53-50(45)32-42)41-23-25-43-46-29-37-15-6-7-16-38(37)30-47(46)52(48(43)31-41)40-22-21-34-13-4-5-14-35(34)28-40/h1-2,4-11,13-32H,3,12H2. The first-order chi connectivity index (χ1) is 26.2. The number of aromatic nitrogens is 1. The summed E-state index contributed by atoms with van der Waals surface area (Å²) in [5.74, 6) is 0. The minimum atomic E-state index is 0.878. The monoisotopic (exact) mass is 678 g/mol. The first kappa shape index (κ1) is 29.8. The second-order valence-electron chi connectivity index (χ2n) is 14.1. The maximum Gasteiger partial charge on any atom is 0.137 e. The van der Waals surface area contributed by atoms with E-state index in [1.165, 1.54) is 49.0 Å². The Bertz CT molecular complexity index is 3140. The number of fused-ring (bicyclic) bond motifs is 8. The highest BCUT2D eigenvalue weighted by Crippen LogP contribution is 2.43. The van der Waals surface area contributed by atoms with Crippen molar-refractivity contribution in [3.8, 4) is 5.69 Å². The van der Waals surface area contributed by atoms with Gasteiger partial charge in [0.05, 0.1) is 11.0 Å². The van der Waals surface area contributed by atoms with Crippen LogP contribution in [0.1, 0.15) is 18.4 Å². The summed E-state index contributed by atoms with van der Waals surface area (Å²) in [7, 11) is 0. The molecule has 0 aliphatic heterocycles. The van der Waals surface area contributed by atoms with E-state index in [1.54, 1.807) is 0 Å². The van der Waals surface area contributed by atoms with Crippen LogP contribution in [0.2, 0.25) is 0 Å². The highest BCUT2D eigenvalue weighted by Gasteiger charge is 2.20. The van der Waals surface area contributed by atoms with Gasteiger partial charge in [-0.1, -0.05) is 109 Å². The molecule has 0 N–H and O–H groups in total. The lowest BCUT2D eigenvalue weighted by molar-refractivity contribution is 0.669. The molecule has 0 amide bonds. The minimum Gasteiger partial charge on any atom is -0.456 e. The fraction of sp³-hybridized carbons (Fsp3) is 0.0400. The molecule has 0 spiro atoms. The van der Waals surface area contributed by atoms with Gasteiger partial charge in [-0.05, 0) is 112 Å². The zero-order chi connectivity index (χ0) is 34.9. The molecule has 0 fully saturated rings. The van der Waals surface area contributed by atoms with Gasteiger partial charge in [-0.3, -0.25) is 0 Å². The van der Waals surface area contributed by atoms with Crippen LogP contribution in [0.25, 0.3) is 76.5 Å². The number of hydrogen-bond acceptors (Lipinski definition) is 2. The Morgan fingerprint density at radius 2 is 1.17 bits per heavy atom. The Hall–Kier alpha value is -6.84. The molecular formula is C50H34N2O. The molecule has 0 saturated carbocycles.